The molecule has 1 aromatic heterocycles. The van der Waals surface area contributed by atoms with Gasteiger partial charge in [0.2, 0.25) is 15.9 Å². The molecule has 1 aliphatic heterocycles. The van der Waals surface area contributed by atoms with E-state index in [4.69, 9.17) is 10.00 Å². The topological polar surface area (TPSA) is 166 Å². The second-order valence-electron chi connectivity index (χ2n) is 9.93. The maximum atomic E-state index is 13.3. The molecule has 3 N–H and O–H groups in total. The number of likely N-dealkylation sites (tertiary alicyclic amines) is 1. The van der Waals surface area contributed by atoms with Gasteiger partial charge in [-0.2, -0.15) is 9.98 Å². The number of fused-ring (bicyclic) bond motifs is 1. The lowest BCUT2D eigenvalue weighted by Gasteiger charge is -2.21. The van der Waals surface area contributed by atoms with Gasteiger partial charge in [-0.3, -0.25) is 14.9 Å². The first-order valence-electron chi connectivity index (χ1n) is 13.2. The van der Waals surface area contributed by atoms with Gasteiger partial charge in [0.15, 0.2) is 0 Å². The number of thiophene rings is 1. The fraction of sp³-hybridized carbons (Fsp3) is 0.200. The molecule has 1 fully saturated rings. The Kier molecular flexibility index (Phi) is 8.72. The number of aliphatic carboxylic acids is 1. The molecule has 0 aliphatic carbocycles. The number of carbonyl (C=O) groups excluding carboxylic acids is 2. The summed E-state index contributed by atoms with van der Waals surface area (Å²) in [6.07, 6.45) is -0.529. The zero-order chi connectivity index (χ0) is 30.6. The fourth-order valence-corrected chi connectivity index (χ4v) is 6.81. The van der Waals surface area contributed by atoms with Crippen LogP contribution in [-0.4, -0.2) is 49.0 Å². The van der Waals surface area contributed by atoms with Gasteiger partial charge in [-0.1, -0.05) is 42.5 Å². The van der Waals surface area contributed by atoms with Gasteiger partial charge in [0.1, 0.15) is 23.6 Å². The average Bonchev–Trinajstić information content (AvgIpc) is 3.61. The Morgan fingerprint density at radius 1 is 1.07 bits per heavy atom. The lowest BCUT2D eigenvalue weighted by atomic mass is 9.99. The Bertz CT molecular complexity index is 1830. The summed E-state index contributed by atoms with van der Waals surface area (Å²) >= 11 is 1.25. The van der Waals surface area contributed by atoms with Crippen molar-refractivity contribution in [2.24, 2.45) is 5.92 Å². The molecule has 2 amide bonds. The third-order valence-electron chi connectivity index (χ3n) is 7.01. The Hall–Kier alpha value is -4.77. The first-order valence-corrected chi connectivity index (χ1v) is 15.5. The number of ether oxygens (including phenoxy) is 1. The lowest BCUT2D eigenvalue weighted by molar-refractivity contribution is -0.144. The van der Waals surface area contributed by atoms with Crippen molar-refractivity contribution in [3.8, 4) is 6.07 Å². The van der Waals surface area contributed by atoms with E-state index in [9.17, 15) is 27.9 Å². The predicted octanol–water partition coefficient (Wildman–Crippen LogP) is 4.30. The average molecular weight is 619 g/mol. The van der Waals surface area contributed by atoms with Gasteiger partial charge in [-0.05, 0) is 64.0 Å². The molecule has 1 unspecified atom stereocenters. The Morgan fingerprint density at radius 2 is 1.84 bits per heavy atom. The minimum absolute atomic E-state index is 0.0798. The molecule has 220 valence electrons. The molecule has 13 heteroatoms. The summed E-state index contributed by atoms with van der Waals surface area (Å²) in [6, 6.07) is 20.4. The minimum atomic E-state index is -4.36. The molecule has 0 bridgehead atoms. The fourth-order valence-electron chi connectivity index (χ4n) is 4.85. The molecule has 3 aromatic carbocycles. The highest BCUT2D eigenvalue weighted by atomic mass is 32.2. The van der Waals surface area contributed by atoms with E-state index in [2.05, 4.69) is 10.0 Å². The van der Waals surface area contributed by atoms with Gasteiger partial charge in [-0.25, -0.2) is 13.2 Å². The van der Waals surface area contributed by atoms with E-state index in [1.165, 1.54) is 28.4 Å². The highest BCUT2D eigenvalue weighted by Crippen LogP contribution is 2.28. The maximum absolute atomic E-state index is 13.3. The van der Waals surface area contributed by atoms with E-state index in [0.29, 0.717) is 21.3 Å². The number of benzene rings is 3. The van der Waals surface area contributed by atoms with Crippen molar-refractivity contribution in [3.63, 3.8) is 0 Å². The molecule has 4 aromatic rings. The summed E-state index contributed by atoms with van der Waals surface area (Å²) in [4.78, 5) is 39.3. The summed E-state index contributed by atoms with van der Waals surface area (Å²) in [7, 11) is -4.36. The number of anilines is 1. The van der Waals surface area contributed by atoms with Gasteiger partial charge < -0.3 is 14.7 Å². The number of hydrogen-bond acceptors (Lipinski definition) is 8. The summed E-state index contributed by atoms with van der Waals surface area (Å²) in [6.45, 7) is 0.538. The second-order valence-corrected chi connectivity index (χ2v) is 12.6. The van der Waals surface area contributed by atoms with Crippen LogP contribution < -0.4 is 10.0 Å². The van der Waals surface area contributed by atoms with Crippen molar-refractivity contribution >= 4 is 55.8 Å². The molecule has 2 atom stereocenters. The largest absolute Gasteiger partial charge is 0.480 e. The number of carboxylic acids is 1. The third-order valence-corrected chi connectivity index (χ3v) is 9.33. The van der Waals surface area contributed by atoms with Gasteiger partial charge in [0, 0.05) is 18.8 Å². The molecule has 11 nitrogen and oxygen atoms in total. The van der Waals surface area contributed by atoms with E-state index in [0.717, 1.165) is 11.1 Å². The van der Waals surface area contributed by atoms with Crippen LogP contribution in [0.5, 0.6) is 0 Å². The summed E-state index contributed by atoms with van der Waals surface area (Å²) < 4.78 is 34.1. The van der Waals surface area contributed by atoms with Crippen LogP contribution in [0.2, 0.25) is 0 Å². The van der Waals surface area contributed by atoms with E-state index in [-0.39, 0.29) is 31.0 Å². The van der Waals surface area contributed by atoms with Crippen LogP contribution in [-0.2, 0) is 37.5 Å². The highest BCUT2D eigenvalue weighted by molar-refractivity contribution is 7.89. The number of nitrogens with zero attached hydrogens (tertiary/aromatic N) is 2. The summed E-state index contributed by atoms with van der Waals surface area (Å²) in [5.74, 6) is -3.04. The summed E-state index contributed by atoms with van der Waals surface area (Å²) in [5, 5.41) is 24.5. The van der Waals surface area contributed by atoms with Crippen molar-refractivity contribution in [1.82, 2.24) is 9.62 Å². The van der Waals surface area contributed by atoms with Crippen molar-refractivity contribution in [1.29, 1.82) is 5.26 Å². The standard InChI is InChI=1S/C30H26N4O7S2/c31-15-24-12-20(18-42-24)16-34-11-10-26(28(34)35)27(29(36)37)33-43(39,40)25-9-7-21-6-8-23(13-22(21)14-25)32-30(38)41-17-19-4-2-1-3-5-19/h1-9,12-14,18,26-27,33H,10-11,16-17H2,(H,32,38)(H,36,37)/t26-,27?/m0/s1. The minimum Gasteiger partial charge on any atom is -0.480 e. The van der Waals surface area contributed by atoms with Gasteiger partial charge in [0.05, 0.1) is 10.8 Å². The van der Waals surface area contributed by atoms with Gasteiger partial charge in [0.25, 0.3) is 0 Å². The monoisotopic (exact) mass is 618 g/mol. The van der Waals surface area contributed by atoms with Crippen LogP contribution in [0.15, 0.2) is 83.1 Å². The van der Waals surface area contributed by atoms with Crippen LogP contribution in [0.1, 0.15) is 22.4 Å². The van der Waals surface area contributed by atoms with Crippen LogP contribution in [0, 0.1) is 17.2 Å². The lowest BCUT2D eigenvalue weighted by Crippen LogP contribution is -2.48. The van der Waals surface area contributed by atoms with Crippen LogP contribution in [0.4, 0.5) is 10.5 Å². The highest BCUT2D eigenvalue weighted by Gasteiger charge is 2.43. The van der Waals surface area contributed by atoms with Crippen LogP contribution in [0.3, 0.4) is 0 Å². The van der Waals surface area contributed by atoms with Crippen molar-refractivity contribution in [3.05, 3.63) is 94.2 Å². The number of rotatable bonds is 10. The van der Waals surface area contributed by atoms with Crippen molar-refractivity contribution < 1.29 is 32.6 Å². The number of sulfonamides is 1. The molecule has 0 saturated carbocycles. The molecule has 5 rings (SSSR count). The molecule has 2 heterocycles. The van der Waals surface area contributed by atoms with Crippen molar-refractivity contribution in [2.45, 2.75) is 30.5 Å². The van der Waals surface area contributed by atoms with Crippen LogP contribution in [0.25, 0.3) is 10.8 Å². The second kappa shape index (κ2) is 12.6. The number of carbonyl (C=O) groups is 3. The Balaban J connectivity index is 1.28. The first-order chi connectivity index (χ1) is 20.6. The van der Waals surface area contributed by atoms with E-state index >= 15 is 0 Å². The Morgan fingerprint density at radius 3 is 2.56 bits per heavy atom. The number of nitrogens with one attached hydrogen (secondary N) is 2. The first kappa shape index (κ1) is 29.7. The predicted molar refractivity (Wildman–Crippen MR) is 159 cm³/mol. The zero-order valence-electron chi connectivity index (χ0n) is 22.6. The molecular weight excluding hydrogens is 592 g/mol. The zero-order valence-corrected chi connectivity index (χ0v) is 24.2. The van der Waals surface area contributed by atoms with Crippen molar-refractivity contribution in [2.75, 3.05) is 11.9 Å². The normalized spacial score (nSPS) is 15.7. The van der Waals surface area contributed by atoms with Gasteiger partial charge in [-0.15, -0.1) is 11.3 Å². The van der Waals surface area contributed by atoms with E-state index < -0.39 is 40.0 Å². The smallest absolute Gasteiger partial charge is 0.411 e. The van der Waals surface area contributed by atoms with Gasteiger partial charge >= 0.3 is 12.1 Å². The Labute approximate surface area is 251 Å². The summed E-state index contributed by atoms with van der Waals surface area (Å²) in [5.41, 5.74) is 1.94. The SMILES string of the molecule is N#Cc1cc(CN2CC[C@@H](C(NS(=O)(=O)c3ccc4ccc(NC(=O)OCc5ccccc5)cc4c3)C(=O)O)C2=O)cs1. The maximum Gasteiger partial charge on any atom is 0.411 e. The molecule has 43 heavy (non-hydrogen) atoms. The molecule has 0 spiro atoms. The number of nitriles is 1. The molecular formula is C30H26N4O7S2. The number of carboxylic acid groups (broad SMARTS) is 1. The van der Waals surface area contributed by atoms with E-state index in [1.54, 1.807) is 35.7 Å². The van der Waals surface area contributed by atoms with E-state index in [1.807, 2.05) is 36.4 Å². The number of hydrogen-bond donors (Lipinski definition) is 3. The molecule has 1 saturated heterocycles. The molecule has 1 aliphatic rings. The third kappa shape index (κ3) is 7.00. The number of amides is 2. The molecule has 0 radical (unpaired) electrons. The quantitative estimate of drug-likeness (QED) is 0.237. The van der Waals surface area contributed by atoms with Crippen LogP contribution >= 0.6 is 11.3 Å².